The topological polar surface area (TPSA) is 190 Å². The molecule has 1 saturated carbocycles. The van der Waals surface area contributed by atoms with Gasteiger partial charge in [0.05, 0.1) is 18.6 Å². The molecule has 14 heteroatoms. The van der Waals surface area contributed by atoms with Crippen LogP contribution in [0.1, 0.15) is 129 Å². The molecular formula is C43H68N6O8. The molecule has 1 aromatic carbocycles. The standard InChI is InChI=1S/C43H68N6O8/c1-30-44-24-26-49(30)25-14-12-15-31-19-21-33(22-20-31)28-37(50)46-36(29-56-42(2,3)4)39(52)47-34(18-11-13-23-45-41(55)57-43(5,6)7)38(51)48-35(40(53)54)27-32-16-9-8-10-17-32/h19-22,24,26,32,34-36H,8-18,23,25,27-29H2,1-7H3,(H,45,55)(H,46,50)(H,47,52)(H,48,51)(H,53,54)/t34-,35?,36-/m0/s1. The van der Waals surface area contributed by atoms with Crippen LogP contribution in [0.15, 0.2) is 36.7 Å². The molecule has 1 aromatic heterocycles. The number of aryl methyl sites for hydroxylation is 3. The van der Waals surface area contributed by atoms with E-state index < -0.39 is 53.2 Å². The molecule has 2 aromatic rings. The highest BCUT2D eigenvalue weighted by atomic mass is 16.6. The molecular weight excluding hydrogens is 729 g/mol. The van der Waals surface area contributed by atoms with Gasteiger partial charge in [-0.25, -0.2) is 14.6 Å². The third-order valence-electron chi connectivity index (χ3n) is 9.89. The Kier molecular flexibility index (Phi) is 19.0. The fourth-order valence-electron chi connectivity index (χ4n) is 6.79. The molecule has 5 N–H and O–H groups in total. The van der Waals surface area contributed by atoms with Gasteiger partial charge in [0.25, 0.3) is 0 Å². The van der Waals surface area contributed by atoms with Gasteiger partial charge in [0.15, 0.2) is 0 Å². The van der Waals surface area contributed by atoms with Gasteiger partial charge in [0.1, 0.15) is 29.6 Å². The Hall–Kier alpha value is -4.46. The predicted molar refractivity (Wildman–Crippen MR) is 218 cm³/mol. The van der Waals surface area contributed by atoms with E-state index in [9.17, 15) is 29.1 Å². The van der Waals surface area contributed by atoms with E-state index in [1.54, 1.807) is 20.8 Å². The quantitative estimate of drug-likeness (QED) is 0.0921. The monoisotopic (exact) mass is 797 g/mol. The normalized spacial score (nSPS) is 15.2. The van der Waals surface area contributed by atoms with E-state index in [0.29, 0.717) is 19.3 Å². The van der Waals surface area contributed by atoms with E-state index in [1.165, 1.54) is 5.56 Å². The number of carboxylic acid groups (broad SMARTS) is 1. The lowest BCUT2D eigenvalue weighted by Crippen LogP contribution is -2.57. The van der Waals surface area contributed by atoms with Gasteiger partial charge < -0.3 is 40.4 Å². The second-order valence-electron chi connectivity index (χ2n) is 17.3. The number of carbonyl (C=O) groups excluding carboxylic acids is 4. The Balaban J connectivity index is 1.65. The number of hydrogen-bond acceptors (Lipinski definition) is 8. The number of benzene rings is 1. The van der Waals surface area contributed by atoms with Crippen LogP contribution in [0.4, 0.5) is 4.79 Å². The lowest BCUT2D eigenvalue weighted by atomic mass is 9.84. The molecule has 1 aliphatic rings. The molecule has 1 unspecified atom stereocenters. The molecule has 318 valence electrons. The van der Waals surface area contributed by atoms with E-state index in [2.05, 4.69) is 30.8 Å². The summed E-state index contributed by atoms with van der Waals surface area (Å²) in [6.07, 6.45) is 12.6. The van der Waals surface area contributed by atoms with Crippen LogP contribution >= 0.6 is 0 Å². The van der Waals surface area contributed by atoms with Crippen molar-refractivity contribution in [1.29, 1.82) is 0 Å². The van der Waals surface area contributed by atoms with Crippen molar-refractivity contribution < 1.29 is 38.6 Å². The average Bonchev–Trinajstić information content (AvgIpc) is 3.54. The van der Waals surface area contributed by atoms with Crippen molar-refractivity contribution in [2.24, 2.45) is 5.92 Å². The van der Waals surface area contributed by atoms with Gasteiger partial charge in [0, 0.05) is 25.5 Å². The second-order valence-corrected chi connectivity index (χ2v) is 17.3. The zero-order chi connectivity index (χ0) is 42.0. The van der Waals surface area contributed by atoms with Crippen molar-refractivity contribution in [3.8, 4) is 0 Å². The number of imidazole rings is 1. The van der Waals surface area contributed by atoms with Crippen molar-refractivity contribution in [3.05, 3.63) is 53.6 Å². The third kappa shape index (κ3) is 19.0. The van der Waals surface area contributed by atoms with Gasteiger partial charge in [0.2, 0.25) is 17.7 Å². The molecule has 0 aliphatic heterocycles. The van der Waals surface area contributed by atoms with Crippen LogP contribution in [-0.4, -0.2) is 86.9 Å². The molecule has 14 nitrogen and oxygen atoms in total. The molecule has 0 bridgehead atoms. The number of hydrogen-bond donors (Lipinski definition) is 5. The van der Waals surface area contributed by atoms with Gasteiger partial charge >= 0.3 is 12.1 Å². The summed E-state index contributed by atoms with van der Waals surface area (Å²) < 4.78 is 13.4. The first-order valence-electron chi connectivity index (χ1n) is 20.7. The largest absolute Gasteiger partial charge is 0.480 e. The summed E-state index contributed by atoms with van der Waals surface area (Å²) in [4.78, 5) is 69.7. The fourth-order valence-corrected chi connectivity index (χ4v) is 6.79. The Bertz CT molecular complexity index is 1570. The highest BCUT2D eigenvalue weighted by Gasteiger charge is 2.32. The maximum absolute atomic E-state index is 13.9. The zero-order valence-electron chi connectivity index (χ0n) is 35.3. The molecule has 3 atom stereocenters. The summed E-state index contributed by atoms with van der Waals surface area (Å²) in [5.41, 5.74) is 0.689. The fraction of sp³-hybridized carbons (Fsp3) is 0.674. The summed E-state index contributed by atoms with van der Waals surface area (Å²) in [5.74, 6) is -1.56. The number of carbonyl (C=O) groups is 5. The van der Waals surface area contributed by atoms with Gasteiger partial charge in [-0.2, -0.15) is 0 Å². The van der Waals surface area contributed by atoms with Gasteiger partial charge in [-0.15, -0.1) is 0 Å². The van der Waals surface area contributed by atoms with Crippen LogP contribution in [0.5, 0.6) is 0 Å². The van der Waals surface area contributed by atoms with Crippen LogP contribution < -0.4 is 21.3 Å². The molecule has 1 aliphatic carbocycles. The first kappa shape index (κ1) is 46.9. The molecule has 57 heavy (non-hydrogen) atoms. The molecule has 1 heterocycles. The first-order valence-corrected chi connectivity index (χ1v) is 20.7. The summed E-state index contributed by atoms with van der Waals surface area (Å²) in [7, 11) is 0. The number of nitrogens with one attached hydrogen (secondary N) is 4. The van der Waals surface area contributed by atoms with Gasteiger partial charge in [-0.1, -0.05) is 56.4 Å². The number of aromatic nitrogens is 2. The highest BCUT2D eigenvalue weighted by molar-refractivity contribution is 5.93. The average molecular weight is 797 g/mol. The van der Waals surface area contributed by atoms with Crippen LogP contribution in [-0.2, 0) is 48.0 Å². The zero-order valence-corrected chi connectivity index (χ0v) is 35.3. The second kappa shape index (κ2) is 23.1. The maximum atomic E-state index is 13.9. The SMILES string of the molecule is Cc1nccn1CCCCc1ccc(CC(=O)N[C@@H](COC(C)(C)C)C(=O)N[C@@H](CCCCNC(=O)OC(C)(C)C)C(=O)NC(CC2CCCCC2)C(=O)O)cc1. The highest BCUT2D eigenvalue weighted by Crippen LogP contribution is 2.27. The molecule has 3 rings (SSSR count). The Morgan fingerprint density at radius 2 is 1.47 bits per heavy atom. The minimum atomic E-state index is -1.13. The number of unbranched alkanes of at least 4 members (excludes halogenated alkanes) is 2. The Labute approximate surface area is 339 Å². The van der Waals surface area contributed by atoms with Crippen LogP contribution in [0, 0.1) is 12.8 Å². The number of nitrogens with zero attached hydrogens (tertiary/aromatic N) is 2. The Morgan fingerprint density at radius 1 is 0.825 bits per heavy atom. The van der Waals surface area contributed by atoms with E-state index in [1.807, 2.05) is 64.4 Å². The number of amides is 4. The summed E-state index contributed by atoms with van der Waals surface area (Å²) >= 11 is 0. The molecule has 1 fully saturated rings. The summed E-state index contributed by atoms with van der Waals surface area (Å²) in [5, 5.41) is 21.0. The van der Waals surface area contributed by atoms with Crippen molar-refractivity contribution in [1.82, 2.24) is 30.8 Å². The molecule has 0 saturated heterocycles. The van der Waals surface area contributed by atoms with E-state index in [-0.39, 0.29) is 37.8 Å². The van der Waals surface area contributed by atoms with Crippen LogP contribution in [0.25, 0.3) is 0 Å². The number of carboxylic acids is 1. The van der Waals surface area contributed by atoms with Crippen LogP contribution in [0.3, 0.4) is 0 Å². The van der Waals surface area contributed by atoms with Crippen molar-refractivity contribution in [2.75, 3.05) is 13.2 Å². The van der Waals surface area contributed by atoms with E-state index in [4.69, 9.17) is 9.47 Å². The lowest BCUT2D eigenvalue weighted by Gasteiger charge is -2.28. The first-order chi connectivity index (χ1) is 26.9. The Morgan fingerprint density at radius 3 is 2.09 bits per heavy atom. The number of aliphatic carboxylic acids is 1. The lowest BCUT2D eigenvalue weighted by molar-refractivity contribution is -0.143. The number of alkyl carbamates (subject to hydrolysis) is 1. The van der Waals surface area contributed by atoms with Crippen molar-refractivity contribution >= 4 is 29.8 Å². The van der Waals surface area contributed by atoms with Crippen molar-refractivity contribution in [2.45, 2.75) is 168 Å². The number of rotatable bonds is 22. The van der Waals surface area contributed by atoms with E-state index >= 15 is 0 Å². The minimum absolute atomic E-state index is 0.0372. The predicted octanol–water partition coefficient (Wildman–Crippen LogP) is 5.78. The van der Waals surface area contributed by atoms with E-state index in [0.717, 1.165) is 69.3 Å². The summed E-state index contributed by atoms with van der Waals surface area (Å²) in [6.45, 7) is 13.9. The third-order valence-corrected chi connectivity index (χ3v) is 9.89. The van der Waals surface area contributed by atoms with Gasteiger partial charge in [-0.3, -0.25) is 14.4 Å². The van der Waals surface area contributed by atoms with Crippen LogP contribution in [0.2, 0.25) is 0 Å². The summed E-state index contributed by atoms with van der Waals surface area (Å²) in [6, 6.07) is 4.53. The van der Waals surface area contributed by atoms with Gasteiger partial charge in [-0.05, 0) is 110 Å². The molecule has 4 amide bonds. The minimum Gasteiger partial charge on any atom is -0.480 e. The smallest absolute Gasteiger partial charge is 0.407 e. The maximum Gasteiger partial charge on any atom is 0.407 e. The molecule has 0 spiro atoms. The molecule has 0 radical (unpaired) electrons. The number of ether oxygens (including phenoxy) is 2. The van der Waals surface area contributed by atoms with Crippen molar-refractivity contribution in [3.63, 3.8) is 0 Å².